The number of amides is 2. The molecule has 59 heavy (non-hydrogen) atoms. The van der Waals surface area contributed by atoms with Gasteiger partial charge < -0.3 is 30.5 Å². The molecule has 1 saturated heterocycles. The van der Waals surface area contributed by atoms with Crippen molar-refractivity contribution in [2.45, 2.75) is 82.1 Å². The predicted molar refractivity (Wildman–Crippen MR) is 194 cm³/mol. The zero-order valence-corrected chi connectivity index (χ0v) is 31.4. The third-order valence-corrected chi connectivity index (χ3v) is 9.97. The number of carbonyl (C=O) groups is 2. The molecule has 2 aliphatic rings. The van der Waals surface area contributed by atoms with Gasteiger partial charge in [-0.25, -0.2) is 13.8 Å². The SMILES string of the molecule is CC12CCCN1N(Cc1c(F)cc(C#CCCCCCOCC(O)C(O)CO)cc1F)C(=O)C(C(=O)Nc1ccc(C(F)(F)F)cc1-c1ccc(C(F)(F)F)nc1)=C2O. The Morgan fingerprint density at radius 2 is 1.71 bits per heavy atom. The molecule has 1 fully saturated rings. The molecule has 0 spiro atoms. The number of rotatable bonds is 14. The summed E-state index contributed by atoms with van der Waals surface area (Å²) in [4.78, 5) is 31.1. The number of alkyl halides is 6. The van der Waals surface area contributed by atoms with Crippen LogP contribution in [0, 0.1) is 23.5 Å². The third kappa shape index (κ3) is 10.4. The highest BCUT2D eigenvalue weighted by atomic mass is 19.4. The lowest BCUT2D eigenvalue weighted by Gasteiger charge is -2.46. The lowest BCUT2D eigenvalue weighted by atomic mass is 9.90. The number of hydrogen-bond acceptors (Lipinski definition) is 9. The minimum absolute atomic E-state index is 0.00712. The Balaban J connectivity index is 1.32. The minimum atomic E-state index is -4.90. The third-order valence-electron chi connectivity index (χ3n) is 9.97. The summed E-state index contributed by atoms with van der Waals surface area (Å²) in [5.41, 5.74) is -6.41. The van der Waals surface area contributed by atoms with E-state index < -0.39 is 100 Å². The molecule has 1 aromatic heterocycles. The van der Waals surface area contributed by atoms with Crippen LogP contribution in [0.2, 0.25) is 0 Å². The maximum atomic E-state index is 15.5. The topological polar surface area (TPSA) is 156 Å². The average Bonchev–Trinajstić information content (AvgIpc) is 3.58. The van der Waals surface area contributed by atoms with E-state index in [1.807, 2.05) is 0 Å². The molecule has 3 heterocycles. The van der Waals surface area contributed by atoms with Crippen molar-refractivity contribution in [3.05, 3.63) is 94.0 Å². The number of carbonyl (C=O) groups excluding carboxylic acids is 2. The van der Waals surface area contributed by atoms with Crippen molar-refractivity contribution < 1.29 is 69.9 Å². The van der Waals surface area contributed by atoms with Gasteiger partial charge in [0.05, 0.1) is 30.9 Å². The fourth-order valence-corrected chi connectivity index (χ4v) is 6.69. The molecule has 2 aliphatic heterocycles. The van der Waals surface area contributed by atoms with Crippen LogP contribution in [0.15, 0.2) is 60.0 Å². The first-order valence-corrected chi connectivity index (χ1v) is 18.4. The molecule has 3 aromatic rings. The van der Waals surface area contributed by atoms with Crippen LogP contribution in [0.1, 0.15) is 67.8 Å². The summed E-state index contributed by atoms with van der Waals surface area (Å²) >= 11 is 0. The van der Waals surface area contributed by atoms with Crippen molar-refractivity contribution in [1.82, 2.24) is 15.0 Å². The monoisotopic (exact) mass is 840 g/mol. The first kappa shape index (κ1) is 45.0. The zero-order valence-electron chi connectivity index (χ0n) is 31.4. The highest BCUT2D eigenvalue weighted by Crippen LogP contribution is 2.43. The molecule has 2 aromatic carbocycles. The molecule has 5 rings (SSSR count). The van der Waals surface area contributed by atoms with Crippen LogP contribution in [0.25, 0.3) is 11.1 Å². The molecule has 0 aliphatic carbocycles. The van der Waals surface area contributed by atoms with E-state index in [1.165, 1.54) is 11.9 Å². The number of aromatic nitrogens is 1. The fraction of sp³-hybridized carbons (Fsp3) is 0.425. The Morgan fingerprint density at radius 1 is 1.00 bits per heavy atom. The smallest absolute Gasteiger partial charge is 0.433 e. The van der Waals surface area contributed by atoms with Crippen LogP contribution in [0.3, 0.4) is 0 Å². The number of fused-ring (bicyclic) bond motifs is 1. The molecule has 318 valence electrons. The van der Waals surface area contributed by atoms with Crippen LogP contribution < -0.4 is 5.32 Å². The molecule has 0 saturated carbocycles. The largest absolute Gasteiger partial charge is 0.509 e. The molecule has 3 unspecified atom stereocenters. The predicted octanol–water partition coefficient (Wildman–Crippen LogP) is 6.27. The number of hydrogen-bond donors (Lipinski definition) is 5. The second kappa shape index (κ2) is 18.4. The van der Waals surface area contributed by atoms with Gasteiger partial charge in [0.15, 0.2) is 0 Å². The molecule has 19 heteroatoms. The first-order chi connectivity index (χ1) is 27.8. The summed E-state index contributed by atoms with van der Waals surface area (Å²) in [7, 11) is 0. The lowest BCUT2D eigenvalue weighted by Crippen LogP contribution is -2.60. The standard InChI is InChI=1S/C40H40F8N4O7/c1-38-13-7-14-52(38)51(20-27-28(41)16-23(17-29(27)42)8-5-3-2-4-6-15-59-22-32(55)31(54)21-53)37(58)34(35(38)56)36(57)50-30-11-10-25(39(43,44)45)18-26(30)24-9-12-33(49-19-24)40(46,47)48/h9-12,16-19,31-32,53-56H,2-4,6-7,13-15,20-22H2,1H3,(H,50,57). The van der Waals surface area contributed by atoms with Gasteiger partial charge in [0.1, 0.15) is 40.9 Å². The normalized spacial score (nSPS) is 18.4. The van der Waals surface area contributed by atoms with E-state index in [-0.39, 0.29) is 36.4 Å². The van der Waals surface area contributed by atoms with Crippen LogP contribution in [0.4, 0.5) is 40.8 Å². The molecule has 2 amide bonds. The second-order valence-corrected chi connectivity index (χ2v) is 14.2. The Bertz CT molecular complexity index is 2090. The zero-order chi connectivity index (χ0) is 43.3. The van der Waals surface area contributed by atoms with Gasteiger partial charge in [0, 0.05) is 53.7 Å². The Kier molecular flexibility index (Phi) is 14.0. The number of nitrogens with one attached hydrogen (secondary N) is 1. The van der Waals surface area contributed by atoms with E-state index in [0.717, 1.165) is 29.3 Å². The van der Waals surface area contributed by atoms with E-state index in [2.05, 4.69) is 22.1 Å². The quantitative estimate of drug-likeness (QED) is 0.0547. The van der Waals surface area contributed by atoms with Crippen molar-refractivity contribution in [2.75, 3.05) is 31.7 Å². The number of anilines is 1. The fourth-order valence-electron chi connectivity index (χ4n) is 6.69. The minimum Gasteiger partial charge on any atom is -0.509 e. The van der Waals surface area contributed by atoms with Gasteiger partial charge in [-0.15, -0.1) is 0 Å². The maximum Gasteiger partial charge on any atom is 0.433 e. The summed E-state index contributed by atoms with van der Waals surface area (Å²) < 4.78 is 117. The maximum absolute atomic E-state index is 15.5. The molecule has 0 radical (unpaired) electrons. The van der Waals surface area contributed by atoms with Gasteiger partial charge in [0.25, 0.3) is 11.8 Å². The molecule has 0 bridgehead atoms. The van der Waals surface area contributed by atoms with Crippen molar-refractivity contribution >= 4 is 17.5 Å². The summed E-state index contributed by atoms with van der Waals surface area (Å²) in [6, 6.07) is 5.35. The molecular weight excluding hydrogens is 800 g/mol. The number of ether oxygens (including phenoxy) is 1. The van der Waals surface area contributed by atoms with Gasteiger partial charge in [-0.3, -0.25) is 19.6 Å². The second-order valence-electron chi connectivity index (χ2n) is 14.2. The number of nitrogens with zero attached hydrogens (tertiary/aromatic N) is 3. The van der Waals surface area contributed by atoms with E-state index in [4.69, 9.17) is 9.84 Å². The van der Waals surface area contributed by atoms with Crippen molar-refractivity contribution in [3.63, 3.8) is 0 Å². The number of hydrazine groups is 1. The van der Waals surface area contributed by atoms with Gasteiger partial charge in [-0.1, -0.05) is 24.3 Å². The number of halogens is 8. The molecule has 11 nitrogen and oxygen atoms in total. The van der Waals surface area contributed by atoms with Gasteiger partial charge in [-0.2, -0.15) is 26.3 Å². The first-order valence-electron chi connectivity index (χ1n) is 18.4. The van der Waals surface area contributed by atoms with E-state index in [9.17, 15) is 51.3 Å². The summed E-state index contributed by atoms with van der Waals surface area (Å²) in [6.07, 6.45) is -8.73. The van der Waals surface area contributed by atoms with E-state index in [0.29, 0.717) is 63.1 Å². The highest BCUT2D eigenvalue weighted by molar-refractivity contribution is 6.24. The highest BCUT2D eigenvalue weighted by Gasteiger charge is 2.53. The van der Waals surface area contributed by atoms with Crippen molar-refractivity contribution in [2.24, 2.45) is 0 Å². The number of unbranched alkanes of at least 4 members (excludes halogenated alkanes) is 3. The summed E-state index contributed by atoms with van der Waals surface area (Å²) in [5, 5.41) is 43.7. The van der Waals surface area contributed by atoms with Gasteiger partial charge in [0.2, 0.25) is 0 Å². The Morgan fingerprint density at radius 3 is 2.34 bits per heavy atom. The average molecular weight is 841 g/mol. The van der Waals surface area contributed by atoms with Crippen molar-refractivity contribution in [1.29, 1.82) is 0 Å². The number of aliphatic hydroxyl groups excluding tert-OH is 4. The Labute approximate surface area is 332 Å². The van der Waals surface area contributed by atoms with E-state index in [1.54, 1.807) is 0 Å². The van der Waals surface area contributed by atoms with Gasteiger partial charge in [-0.05, 0) is 69.0 Å². The molecule has 3 atom stereocenters. The number of pyridine rings is 1. The molecule has 5 N–H and O–H groups in total. The van der Waals surface area contributed by atoms with Crippen molar-refractivity contribution in [3.8, 4) is 23.0 Å². The Hall–Kier alpha value is -5.13. The van der Waals surface area contributed by atoms with Crippen LogP contribution in [0.5, 0.6) is 0 Å². The van der Waals surface area contributed by atoms with E-state index >= 15 is 8.78 Å². The summed E-state index contributed by atoms with van der Waals surface area (Å²) in [5.74, 6) is 0.211. The number of benzene rings is 2. The molecular formula is C40H40F8N4O7. The number of aliphatic hydroxyl groups is 4. The van der Waals surface area contributed by atoms with Crippen LogP contribution >= 0.6 is 0 Å². The van der Waals surface area contributed by atoms with Crippen LogP contribution in [-0.2, 0) is 33.2 Å². The summed E-state index contributed by atoms with van der Waals surface area (Å²) in [6.45, 7) is 0.454. The van der Waals surface area contributed by atoms with Crippen LogP contribution in [-0.4, -0.2) is 91.4 Å². The lowest BCUT2D eigenvalue weighted by molar-refractivity contribution is -0.160. The van der Waals surface area contributed by atoms with Gasteiger partial charge >= 0.3 is 12.4 Å².